The van der Waals surface area contributed by atoms with E-state index in [0.29, 0.717) is 0 Å². The van der Waals surface area contributed by atoms with Crippen LogP contribution in [0.2, 0.25) is 0 Å². The Morgan fingerprint density at radius 2 is 2.37 bits per heavy atom. The monoisotopic (exact) mass is 297 g/mol. The summed E-state index contributed by atoms with van der Waals surface area (Å²) in [6.07, 6.45) is 0.789. The van der Waals surface area contributed by atoms with Crippen molar-refractivity contribution in [1.29, 1.82) is 0 Å². The first-order valence-corrected chi connectivity index (χ1v) is 7.79. The molecule has 0 saturated carbocycles. The second-order valence-electron chi connectivity index (χ2n) is 4.22. The highest BCUT2D eigenvalue weighted by Gasteiger charge is 2.11. The van der Waals surface area contributed by atoms with Crippen molar-refractivity contribution in [1.82, 2.24) is 10.4 Å². The summed E-state index contributed by atoms with van der Waals surface area (Å²) < 4.78 is 13.1. The van der Waals surface area contributed by atoms with E-state index in [4.69, 9.17) is 5.84 Å². The Morgan fingerprint density at radius 1 is 1.53 bits per heavy atom. The molecule has 0 radical (unpaired) electrons. The van der Waals surface area contributed by atoms with E-state index in [1.165, 1.54) is 12.1 Å². The zero-order valence-corrected chi connectivity index (χ0v) is 12.2. The van der Waals surface area contributed by atoms with E-state index in [0.717, 1.165) is 27.8 Å². The number of aromatic nitrogens is 1. The van der Waals surface area contributed by atoms with Gasteiger partial charge < -0.3 is 0 Å². The molecule has 2 aromatic rings. The summed E-state index contributed by atoms with van der Waals surface area (Å²) in [6.45, 7) is 1.98. The number of hydrogen-bond acceptors (Lipinski definition) is 5. The summed E-state index contributed by atoms with van der Waals surface area (Å²) in [5.74, 6) is 6.13. The quantitative estimate of drug-likeness (QED) is 0.489. The lowest BCUT2D eigenvalue weighted by atomic mass is 10.2. The van der Waals surface area contributed by atoms with Gasteiger partial charge in [-0.05, 0) is 25.1 Å². The van der Waals surface area contributed by atoms with E-state index in [2.05, 4.69) is 10.4 Å². The molecule has 1 heterocycles. The first-order valence-electron chi connectivity index (χ1n) is 5.93. The fourth-order valence-corrected chi connectivity index (χ4v) is 3.46. The van der Waals surface area contributed by atoms with Gasteiger partial charge in [-0.1, -0.05) is 6.07 Å². The summed E-state index contributed by atoms with van der Waals surface area (Å²) in [6, 6.07) is 6.72. The molecule has 19 heavy (non-hydrogen) atoms. The summed E-state index contributed by atoms with van der Waals surface area (Å²) >= 11 is 3.23. The SMILES string of the molecule is Cc1csc(CC(CSc2cccc(F)c2)NN)n1. The van der Waals surface area contributed by atoms with Gasteiger partial charge in [-0.2, -0.15) is 0 Å². The minimum atomic E-state index is -0.210. The molecule has 1 aromatic carbocycles. The number of aryl methyl sites for hydroxylation is 1. The van der Waals surface area contributed by atoms with E-state index in [9.17, 15) is 4.39 Å². The van der Waals surface area contributed by atoms with Gasteiger partial charge in [-0.15, -0.1) is 23.1 Å². The Bertz CT molecular complexity index is 530. The van der Waals surface area contributed by atoms with Crippen LogP contribution < -0.4 is 11.3 Å². The van der Waals surface area contributed by atoms with Crippen molar-refractivity contribution >= 4 is 23.1 Å². The van der Waals surface area contributed by atoms with Gasteiger partial charge in [0, 0.05) is 34.2 Å². The molecule has 0 spiro atoms. The Balaban J connectivity index is 1.89. The second-order valence-corrected chi connectivity index (χ2v) is 6.25. The molecule has 3 N–H and O–H groups in total. The highest BCUT2D eigenvalue weighted by Crippen LogP contribution is 2.21. The number of hydrazine groups is 1. The molecule has 0 fully saturated rings. The molecule has 1 atom stereocenters. The molecule has 0 aliphatic carbocycles. The topological polar surface area (TPSA) is 50.9 Å². The molecule has 6 heteroatoms. The number of rotatable bonds is 6. The van der Waals surface area contributed by atoms with Crippen molar-refractivity contribution in [3.8, 4) is 0 Å². The smallest absolute Gasteiger partial charge is 0.124 e. The highest BCUT2D eigenvalue weighted by molar-refractivity contribution is 7.99. The van der Waals surface area contributed by atoms with E-state index in [1.807, 2.05) is 18.4 Å². The number of thiazole rings is 1. The third-order valence-electron chi connectivity index (χ3n) is 2.57. The maximum atomic E-state index is 13.1. The Morgan fingerprint density at radius 3 is 3.00 bits per heavy atom. The summed E-state index contributed by atoms with van der Waals surface area (Å²) in [5.41, 5.74) is 3.83. The average molecular weight is 297 g/mol. The van der Waals surface area contributed by atoms with Crippen LogP contribution in [0.15, 0.2) is 34.5 Å². The predicted molar refractivity (Wildman–Crippen MR) is 78.8 cm³/mol. The molecule has 2 rings (SSSR count). The van der Waals surface area contributed by atoms with Gasteiger partial charge in [0.1, 0.15) is 5.82 Å². The number of nitrogens with one attached hydrogen (secondary N) is 1. The number of halogens is 1. The third-order valence-corrected chi connectivity index (χ3v) is 4.72. The standard InChI is InChI=1S/C13H16FN3S2/c1-9-7-19-13(16-9)6-11(17-15)8-18-12-4-2-3-10(14)5-12/h2-5,7,11,17H,6,8,15H2,1H3. The van der Waals surface area contributed by atoms with Crippen molar-refractivity contribution in [2.45, 2.75) is 24.3 Å². The zero-order chi connectivity index (χ0) is 13.7. The first kappa shape index (κ1) is 14.5. The fraction of sp³-hybridized carbons (Fsp3) is 0.308. The molecule has 0 bridgehead atoms. The predicted octanol–water partition coefficient (Wildman–Crippen LogP) is 2.76. The van der Waals surface area contributed by atoms with Crippen LogP contribution in [0.1, 0.15) is 10.7 Å². The van der Waals surface area contributed by atoms with Crippen LogP contribution in [0, 0.1) is 12.7 Å². The largest absolute Gasteiger partial charge is 0.271 e. The Hall–Kier alpha value is -0.950. The van der Waals surface area contributed by atoms with Crippen LogP contribution >= 0.6 is 23.1 Å². The maximum Gasteiger partial charge on any atom is 0.124 e. The molecule has 0 aliphatic rings. The van der Waals surface area contributed by atoms with Crippen molar-refractivity contribution in [2.24, 2.45) is 5.84 Å². The lowest BCUT2D eigenvalue weighted by molar-refractivity contribution is 0.573. The second kappa shape index (κ2) is 7.00. The van der Waals surface area contributed by atoms with Crippen LogP contribution in [-0.4, -0.2) is 16.8 Å². The van der Waals surface area contributed by atoms with Gasteiger partial charge in [-0.3, -0.25) is 11.3 Å². The van der Waals surface area contributed by atoms with Crippen LogP contribution in [0.5, 0.6) is 0 Å². The molecule has 0 saturated heterocycles. The van der Waals surface area contributed by atoms with Gasteiger partial charge in [0.15, 0.2) is 0 Å². The zero-order valence-electron chi connectivity index (χ0n) is 10.6. The molecule has 102 valence electrons. The van der Waals surface area contributed by atoms with Gasteiger partial charge in [0.05, 0.1) is 5.01 Å². The van der Waals surface area contributed by atoms with Crippen LogP contribution in [0.4, 0.5) is 4.39 Å². The van der Waals surface area contributed by atoms with E-state index in [1.54, 1.807) is 29.2 Å². The lowest BCUT2D eigenvalue weighted by Crippen LogP contribution is -2.38. The van der Waals surface area contributed by atoms with Crippen LogP contribution in [0.25, 0.3) is 0 Å². The number of hydrogen-bond donors (Lipinski definition) is 2. The number of thioether (sulfide) groups is 1. The third kappa shape index (κ3) is 4.58. The first-order chi connectivity index (χ1) is 9.17. The molecule has 1 aromatic heterocycles. The van der Waals surface area contributed by atoms with E-state index >= 15 is 0 Å². The summed E-state index contributed by atoms with van der Waals surface area (Å²) in [5, 5.41) is 3.10. The normalized spacial score (nSPS) is 12.6. The summed E-state index contributed by atoms with van der Waals surface area (Å²) in [7, 11) is 0. The molecule has 1 unspecified atom stereocenters. The Kier molecular flexibility index (Phi) is 5.33. The van der Waals surface area contributed by atoms with E-state index < -0.39 is 0 Å². The summed E-state index contributed by atoms with van der Waals surface area (Å²) in [4.78, 5) is 5.33. The molecular weight excluding hydrogens is 281 g/mol. The number of nitrogens with zero attached hydrogens (tertiary/aromatic N) is 1. The van der Waals surface area contributed by atoms with Gasteiger partial charge in [0.25, 0.3) is 0 Å². The van der Waals surface area contributed by atoms with Gasteiger partial charge in [-0.25, -0.2) is 9.37 Å². The van der Waals surface area contributed by atoms with E-state index in [-0.39, 0.29) is 11.9 Å². The lowest BCUT2D eigenvalue weighted by Gasteiger charge is -2.13. The number of nitrogens with two attached hydrogens (primary N) is 1. The fourth-order valence-electron chi connectivity index (χ4n) is 1.63. The molecule has 0 aliphatic heterocycles. The van der Waals surface area contributed by atoms with Gasteiger partial charge in [0.2, 0.25) is 0 Å². The highest BCUT2D eigenvalue weighted by atomic mass is 32.2. The van der Waals surface area contributed by atoms with Crippen molar-refractivity contribution in [3.05, 3.63) is 46.2 Å². The van der Waals surface area contributed by atoms with Crippen LogP contribution in [-0.2, 0) is 6.42 Å². The Labute approximate surface area is 120 Å². The molecule has 0 amide bonds. The van der Waals surface area contributed by atoms with Gasteiger partial charge >= 0.3 is 0 Å². The van der Waals surface area contributed by atoms with Crippen molar-refractivity contribution in [2.75, 3.05) is 5.75 Å². The average Bonchev–Trinajstić information content (AvgIpc) is 2.80. The number of benzene rings is 1. The molecular formula is C13H16FN3S2. The molecule has 3 nitrogen and oxygen atoms in total. The maximum absolute atomic E-state index is 13.1. The minimum Gasteiger partial charge on any atom is -0.271 e. The van der Waals surface area contributed by atoms with Crippen molar-refractivity contribution in [3.63, 3.8) is 0 Å². The minimum absolute atomic E-state index is 0.124. The van der Waals surface area contributed by atoms with Crippen molar-refractivity contribution < 1.29 is 4.39 Å². The van der Waals surface area contributed by atoms with Crippen LogP contribution in [0.3, 0.4) is 0 Å².